The van der Waals surface area contributed by atoms with Gasteiger partial charge in [0.2, 0.25) is 11.8 Å². The van der Waals surface area contributed by atoms with Crippen LogP contribution in [0.25, 0.3) is 0 Å². The lowest BCUT2D eigenvalue weighted by Gasteiger charge is -2.33. The van der Waals surface area contributed by atoms with Crippen molar-refractivity contribution in [3.63, 3.8) is 0 Å². The molecule has 2 aromatic carbocycles. The van der Waals surface area contributed by atoms with Crippen molar-refractivity contribution in [1.82, 2.24) is 15.5 Å². The third-order valence-corrected chi connectivity index (χ3v) is 6.90. The van der Waals surface area contributed by atoms with Gasteiger partial charge in [0.05, 0.1) is 0 Å². The Morgan fingerprint density at radius 1 is 1.00 bits per heavy atom. The number of ether oxygens (including phenoxy) is 1. The fourth-order valence-electron chi connectivity index (χ4n) is 5.12. The van der Waals surface area contributed by atoms with Crippen LogP contribution in [0.5, 0.6) is 5.75 Å². The van der Waals surface area contributed by atoms with Crippen molar-refractivity contribution in [3.8, 4) is 5.75 Å². The highest BCUT2D eigenvalue weighted by molar-refractivity contribution is 6.05. The van der Waals surface area contributed by atoms with Gasteiger partial charge in [-0.15, -0.1) is 0 Å². The lowest BCUT2D eigenvalue weighted by molar-refractivity contribution is -0.136. The van der Waals surface area contributed by atoms with Crippen molar-refractivity contribution in [1.29, 1.82) is 0 Å². The number of amides is 3. The summed E-state index contributed by atoms with van der Waals surface area (Å²) in [5, 5.41) is 6.01. The number of hydrogen-bond donors (Lipinski definition) is 2. The molecule has 172 valence electrons. The number of rotatable bonds is 6. The number of carbonyl (C=O) groups is 3. The minimum atomic E-state index is -0.600. The first kappa shape index (κ1) is 21.6. The van der Waals surface area contributed by atoms with Crippen LogP contribution in [0, 0.1) is 0 Å². The summed E-state index contributed by atoms with van der Waals surface area (Å²) >= 11 is 0. The van der Waals surface area contributed by atoms with Crippen LogP contribution in [0.2, 0.25) is 0 Å². The van der Waals surface area contributed by atoms with E-state index >= 15 is 0 Å². The zero-order valence-corrected chi connectivity index (χ0v) is 18.6. The lowest BCUT2D eigenvalue weighted by Crippen LogP contribution is -2.52. The second-order valence-electron chi connectivity index (χ2n) is 9.13. The van der Waals surface area contributed by atoms with Crippen LogP contribution >= 0.6 is 0 Å². The normalized spacial score (nSPS) is 25.0. The molecule has 1 saturated heterocycles. The van der Waals surface area contributed by atoms with E-state index in [4.69, 9.17) is 4.74 Å². The molecule has 5 rings (SSSR count). The Bertz CT molecular complexity index is 1050. The minimum absolute atomic E-state index is 0.0730. The molecule has 2 aromatic rings. The van der Waals surface area contributed by atoms with Crippen LogP contribution in [0.15, 0.2) is 48.5 Å². The van der Waals surface area contributed by atoms with Gasteiger partial charge in [0.15, 0.2) is 0 Å². The summed E-state index contributed by atoms with van der Waals surface area (Å²) in [5.74, 6) is -0.0753. The molecule has 0 bridgehead atoms. The highest BCUT2D eigenvalue weighted by atomic mass is 16.5. The second-order valence-corrected chi connectivity index (χ2v) is 9.13. The van der Waals surface area contributed by atoms with Crippen LogP contribution in [-0.4, -0.2) is 40.8 Å². The van der Waals surface area contributed by atoms with Gasteiger partial charge in [-0.05, 0) is 55.0 Å². The summed E-state index contributed by atoms with van der Waals surface area (Å²) in [6.07, 6.45) is 5.08. The smallest absolute Gasteiger partial charge is 0.255 e. The third-order valence-electron chi connectivity index (χ3n) is 6.90. The van der Waals surface area contributed by atoms with E-state index in [9.17, 15) is 14.4 Å². The number of nitrogens with zero attached hydrogens (tertiary/aromatic N) is 1. The topological polar surface area (TPSA) is 87.7 Å². The fraction of sp³-hybridized carbons (Fsp3) is 0.423. The Hall–Kier alpha value is -3.19. The van der Waals surface area contributed by atoms with Gasteiger partial charge in [0.1, 0.15) is 17.9 Å². The van der Waals surface area contributed by atoms with Crippen LogP contribution < -0.4 is 15.4 Å². The molecule has 2 N–H and O–H groups in total. The van der Waals surface area contributed by atoms with E-state index < -0.39 is 11.9 Å². The molecule has 3 amide bonds. The van der Waals surface area contributed by atoms with E-state index in [2.05, 4.69) is 34.9 Å². The fourth-order valence-corrected chi connectivity index (χ4v) is 5.12. The van der Waals surface area contributed by atoms with Gasteiger partial charge in [-0.3, -0.25) is 19.7 Å². The molecule has 0 spiro atoms. The van der Waals surface area contributed by atoms with Crippen molar-refractivity contribution in [2.45, 2.75) is 69.8 Å². The van der Waals surface area contributed by atoms with Crippen molar-refractivity contribution in [3.05, 3.63) is 65.2 Å². The minimum Gasteiger partial charge on any atom is -0.489 e. The molecule has 2 fully saturated rings. The van der Waals surface area contributed by atoms with E-state index in [0.717, 1.165) is 37.1 Å². The zero-order valence-electron chi connectivity index (χ0n) is 18.6. The number of nitrogens with one attached hydrogen (secondary N) is 2. The summed E-state index contributed by atoms with van der Waals surface area (Å²) in [4.78, 5) is 38.2. The number of carbonyl (C=O) groups excluding carboxylic acids is 3. The predicted molar refractivity (Wildman–Crippen MR) is 122 cm³/mol. The molecule has 1 aliphatic carbocycles. The molecule has 3 unspecified atom stereocenters. The summed E-state index contributed by atoms with van der Waals surface area (Å²) in [6.45, 7) is 1.17. The molecule has 33 heavy (non-hydrogen) atoms. The predicted octanol–water partition coefficient (Wildman–Crippen LogP) is 2.93. The van der Waals surface area contributed by atoms with Gasteiger partial charge in [-0.25, -0.2) is 0 Å². The molecule has 7 heteroatoms. The van der Waals surface area contributed by atoms with Crippen molar-refractivity contribution in [2.75, 3.05) is 0 Å². The average Bonchev–Trinajstić information content (AvgIpc) is 3.14. The van der Waals surface area contributed by atoms with Crippen molar-refractivity contribution < 1.29 is 19.1 Å². The highest BCUT2D eigenvalue weighted by Gasteiger charge is 2.39. The number of piperidine rings is 1. The molecular formula is C26H29N3O4. The van der Waals surface area contributed by atoms with Gasteiger partial charge in [0.25, 0.3) is 5.91 Å². The van der Waals surface area contributed by atoms with Crippen LogP contribution in [0.3, 0.4) is 0 Å². The summed E-state index contributed by atoms with van der Waals surface area (Å²) in [5.41, 5.74) is 2.73. The Balaban J connectivity index is 1.25. The van der Waals surface area contributed by atoms with Gasteiger partial charge < -0.3 is 15.0 Å². The van der Waals surface area contributed by atoms with Crippen LogP contribution in [0.1, 0.15) is 60.0 Å². The van der Waals surface area contributed by atoms with E-state index in [1.165, 1.54) is 12.0 Å². The molecule has 2 aliphatic heterocycles. The molecule has 1 saturated carbocycles. The molecule has 3 atom stereocenters. The molecule has 3 aliphatic rings. The first-order valence-corrected chi connectivity index (χ1v) is 11.8. The van der Waals surface area contributed by atoms with E-state index in [1.807, 2.05) is 18.2 Å². The van der Waals surface area contributed by atoms with Crippen molar-refractivity contribution in [2.24, 2.45) is 0 Å². The number of fused-ring (bicyclic) bond motifs is 1. The first-order valence-electron chi connectivity index (χ1n) is 11.8. The Morgan fingerprint density at radius 2 is 1.82 bits per heavy atom. The van der Waals surface area contributed by atoms with Crippen LogP contribution in [0.4, 0.5) is 0 Å². The molecule has 2 heterocycles. The van der Waals surface area contributed by atoms with E-state index in [1.54, 1.807) is 11.0 Å². The highest BCUT2D eigenvalue weighted by Crippen LogP contribution is 2.32. The lowest BCUT2D eigenvalue weighted by atomic mass is 9.92. The monoisotopic (exact) mass is 447 g/mol. The summed E-state index contributed by atoms with van der Waals surface area (Å²) in [6, 6.07) is 15.6. The van der Waals surface area contributed by atoms with E-state index in [-0.39, 0.29) is 30.4 Å². The Labute approximate surface area is 193 Å². The quantitative estimate of drug-likeness (QED) is 0.665. The van der Waals surface area contributed by atoms with Gasteiger partial charge in [-0.1, -0.05) is 36.8 Å². The van der Waals surface area contributed by atoms with Gasteiger partial charge in [0, 0.05) is 31.1 Å². The van der Waals surface area contributed by atoms with Gasteiger partial charge >= 0.3 is 0 Å². The third kappa shape index (κ3) is 4.64. The van der Waals surface area contributed by atoms with E-state index in [0.29, 0.717) is 18.5 Å². The SMILES string of the molecule is O=C1CCC(N2Cc3cc(OC4CCCCC4NCc4ccccc4)ccc3C2=O)C(=O)N1. The Kier molecular flexibility index (Phi) is 6.13. The standard InChI is InChI=1S/C26H29N3O4/c30-24-13-12-22(25(31)28-24)29-16-18-14-19(10-11-20(18)26(29)32)33-23-9-5-4-8-21(23)27-15-17-6-2-1-3-7-17/h1-3,6-7,10-11,14,21-23,27H,4-5,8-9,12-13,15-16H2,(H,28,30,31). The van der Waals surface area contributed by atoms with Gasteiger partial charge in [-0.2, -0.15) is 0 Å². The van der Waals surface area contributed by atoms with Crippen molar-refractivity contribution >= 4 is 17.7 Å². The van der Waals surface area contributed by atoms with Crippen LogP contribution in [-0.2, 0) is 22.7 Å². The molecular weight excluding hydrogens is 418 g/mol. The summed E-state index contributed by atoms with van der Waals surface area (Å²) < 4.78 is 6.42. The number of benzene rings is 2. The first-order chi connectivity index (χ1) is 16.1. The molecule has 0 radical (unpaired) electrons. The second kappa shape index (κ2) is 9.35. The maximum atomic E-state index is 12.9. The Morgan fingerprint density at radius 3 is 2.64 bits per heavy atom. The average molecular weight is 448 g/mol. The summed E-state index contributed by atoms with van der Waals surface area (Å²) in [7, 11) is 0. The largest absolute Gasteiger partial charge is 0.489 e. The molecule has 7 nitrogen and oxygen atoms in total. The maximum absolute atomic E-state index is 12.9. The number of imide groups is 1. The maximum Gasteiger partial charge on any atom is 0.255 e. The molecule has 0 aromatic heterocycles. The number of hydrogen-bond acceptors (Lipinski definition) is 5. The zero-order chi connectivity index (χ0) is 22.8.